The fourth-order valence-electron chi connectivity index (χ4n) is 2.21. The molecule has 2 rings (SSSR count). The molecule has 0 bridgehead atoms. The molecule has 5 nitrogen and oxygen atoms in total. The lowest BCUT2D eigenvalue weighted by atomic mass is 10.1. The number of hydrogen-bond donors (Lipinski definition) is 1. The number of aliphatic hydroxyl groups excluding tert-OH is 1. The monoisotopic (exact) mass is 289 g/mol. The second kappa shape index (κ2) is 7.22. The Morgan fingerprint density at radius 3 is 2.43 bits per heavy atom. The Hall–Kier alpha value is -1.88. The zero-order valence-corrected chi connectivity index (χ0v) is 12.9. The summed E-state index contributed by atoms with van der Waals surface area (Å²) < 4.78 is 7.21. The van der Waals surface area contributed by atoms with Crippen LogP contribution in [-0.4, -0.2) is 26.5 Å². The van der Waals surface area contributed by atoms with Crippen LogP contribution in [0.3, 0.4) is 0 Å². The van der Waals surface area contributed by atoms with Gasteiger partial charge < -0.3 is 9.84 Å². The highest BCUT2D eigenvalue weighted by molar-refractivity contribution is 5.28. The molecule has 114 valence electrons. The summed E-state index contributed by atoms with van der Waals surface area (Å²) in [5, 5.41) is 14.8. The molecule has 0 fully saturated rings. The highest BCUT2D eigenvalue weighted by Gasteiger charge is 2.13. The molecule has 2 aromatic rings. The van der Waals surface area contributed by atoms with Crippen molar-refractivity contribution in [3.8, 4) is 5.75 Å². The maximum atomic E-state index is 10.4. The molecule has 1 aromatic carbocycles. The quantitative estimate of drug-likeness (QED) is 0.851. The molecule has 0 saturated heterocycles. The molecule has 5 heteroatoms. The normalized spacial score (nSPS) is 12.4. The molecule has 0 radical (unpaired) electrons. The van der Waals surface area contributed by atoms with Crippen molar-refractivity contribution in [2.75, 3.05) is 6.61 Å². The molecule has 0 amide bonds. The van der Waals surface area contributed by atoms with Gasteiger partial charge in [-0.15, -0.1) is 0 Å². The van der Waals surface area contributed by atoms with E-state index in [0.717, 1.165) is 35.8 Å². The van der Waals surface area contributed by atoms with Gasteiger partial charge in [-0.25, -0.2) is 9.67 Å². The van der Waals surface area contributed by atoms with Crippen LogP contribution in [0.15, 0.2) is 24.3 Å². The average Bonchev–Trinajstić information content (AvgIpc) is 2.90. The van der Waals surface area contributed by atoms with E-state index in [1.807, 2.05) is 45.0 Å². The zero-order valence-electron chi connectivity index (χ0n) is 12.9. The van der Waals surface area contributed by atoms with Crippen molar-refractivity contribution in [3.05, 3.63) is 41.5 Å². The van der Waals surface area contributed by atoms with E-state index in [4.69, 9.17) is 4.74 Å². The highest BCUT2D eigenvalue weighted by atomic mass is 16.5. The maximum absolute atomic E-state index is 10.4. The van der Waals surface area contributed by atoms with Crippen LogP contribution in [-0.2, 0) is 19.4 Å². The lowest BCUT2D eigenvalue weighted by Crippen LogP contribution is -2.13. The first-order valence-electron chi connectivity index (χ1n) is 7.51. The van der Waals surface area contributed by atoms with Gasteiger partial charge >= 0.3 is 0 Å². The van der Waals surface area contributed by atoms with Crippen molar-refractivity contribution < 1.29 is 9.84 Å². The Labute approximate surface area is 125 Å². The minimum Gasteiger partial charge on any atom is -0.494 e. The molecule has 1 unspecified atom stereocenters. The van der Waals surface area contributed by atoms with Crippen LogP contribution in [0, 0.1) is 0 Å². The first kappa shape index (κ1) is 15.5. The summed E-state index contributed by atoms with van der Waals surface area (Å²) >= 11 is 0. The summed E-state index contributed by atoms with van der Waals surface area (Å²) in [6, 6.07) is 7.53. The molecule has 1 heterocycles. The summed E-state index contributed by atoms with van der Waals surface area (Å²) in [4.78, 5) is 4.45. The number of benzene rings is 1. The number of aryl methyl sites for hydroxylation is 2. The largest absolute Gasteiger partial charge is 0.494 e. The van der Waals surface area contributed by atoms with Crippen LogP contribution in [0.4, 0.5) is 0 Å². The van der Waals surface area contributed by atoms with Crippen molar-refractivity contribution in [1.29, 1.82) is 0 Å². The molecular weight excluding hydrogens is 266 g/mol. The fraction of sp³-hybridized carbons (Fsp3) is 0.500. The van der Waals surface area contributed by atoms with Crippen molar-refractivity contribution in [1.82, 2.24) is 14.8 Å². The lowest BCUT2D eigenvalue weighted by molar-refractivity contribution is 0.150. The number of rotatable bonds is 7. The summed E-state index contributed by atoms with van der Waals surface area (Å²) in [5.41, 5.74) is 0.856. The predicted octanol–water partition coefficient (Wildman–Crippen LogP) is 2.54. The van der Waals surface area contributed by atoms with Gasteiger partial charge in [-0.3, -0.25) is 0 Å². The Balaban J connectivity index is 2.09. The third-order valence-electron chi connectivity index (χ3n) is 3.35. The minimum absolute atomic E-state index is 0.421. The molecule has 0 aliphatic heterocycles. The second-order valence-electron chi connectivity index (χ2n) is 4.85. The summed E-state index contributed by atoms with van der Waals surface area (Å²) in [6.45, 7) is 7.08. The van der Waals surface area contributed by atoms with Crippen molar-refractivity contribution in [3.63, 3.8) is 0 Å². The van der Waals surface area contributed by atoms with E-state index in [2.05, 4.69) is 10.1 Å². The Bertz CT molecular complexity index is 563. The Morgan fingerprint density at radius 2 is 1.86 bits per heavy atom. The van der Waals surface area contributed by atoms with Crippen LogP contribution in [0.2, 0.25) is 0 Å². The van der Waals surface area contributed by atoms with Gasteiger partial charge in [0.05, 0.1) is 19.3 Å². The predicted molar refractivity (Wildman–Crippen MR) is 81.3 cm³/mol. The van der Waals surface area contributed by atoms with Gasteiger partial charge in [0.25, 0.3) is 0 Å². The van der Waals surface area contributed by atoms with Gasteiger partial charge in [0, 0.05) is 12.8 Å². The van der Waals surface area contributed by atoms with Gasteiger partial charge in [-0.05, 0) is 24.6 Å². The molecule has 1 N–H and O–H groups in total. The molecule has 0 aliphatic rings. The average molecular weight is 289 g/mol. The van der Waals surface area contributed by atoms with Crippen LogP contribution in [0.25, 0.3) is 0 Å². The SMILES string of the molecule is CCOc1ccc(C(O)Cn2nc(CC)nc2CC)cc1. The van der Waals surface area contributed by atoms with E-state index >= 15 is 0 Å². The molecule has 0 aliphatic carbocycles. The first-order chi connectivity index (χ1) is 10.2. The van der Waals surface area contributed by atoms with Crippen LogP contribution < -0.4 is 4.74 Å². The molecule has 1 aromatic heterocycles. The molecule has 0 spiro atoms. The standard InChI is InChI=1S/C16H23N3O2/c1-4-15-17-16(5-2)19(18-15)11-14(20)12-7-9-13(10-8-12)21-6-3/h7-10,14,20H,4-6,11H2,1-3H3. The smallest absolute Gasteiger partial charge is 0.150 e. The van der Waals surface area contributed by atoms with E-state index in [9.17, 15) is 5.11 Å². The van der Waals surface area contributed by atoms with Gasteiger partial charge in [0.15, 0.2) is 5.82 Å². The highest BCUT2D eigenvalue weighted by Crippen LogP contribution is 2.19. The zero-order chi connectivity index (χ0) is 15.2. The van der Waals surface area contributed by atoms with Crippen LogP contribution in [0.1, 0.15) is 44.1 Å². The number of nitrogens with zero attached hydrogens (tertiary/aromatic N) is 3. The van der Waals surface area contributed by atoms with E-state index in [1.165, 1.54) is 0 Å². The minimum atomic E-state index is -0.600. The van der Waals surface area contributed by atoms with Crippen LogP contribution >= 0.6 is 0 Å². The van der Waals surface area contributed by atoms with E-state index in [0.29, 0.717) is 13.2 Å². The summed E-state index contributed by atoms with van der Waals surface area (Å²) in [7, 11) is 0. The number of aliphatic hydroxyl groups is 1. The topological polar surface area (TPSA) is 60.2 Å². The van der Waals surface area contributed by atoms with Crippen LogP contribution in [0.5, 0.6) is 5.75 Å². The van der Waals surface area contributed by atoms with Gasteiger partial charge in [0.1, 0.15) is 11.6 Å². The lowest BCUT2D eigenvalue weighted by Gasteiger charge is -2.13. The number of ether oxygens (including phenoxy) is 1. The van der Waals surface area contributed by atoms with Gasteiger partial charge in [-0.2, -0.15) is 5.10 Å². The van der Waals surface area contributed by atoms with Crippen molar-refractivity contribution >= 4 is 0 Å². The van der Waals surface area contributed by atoms with E-state index in [-0.39, 0.29) is 0 Å². The summed E-state index contributed by atoms with van der Waals surface area (Å²) in [6.07, 6.45) is 1.01. The Kier molecular flexibility index (Phi) is 5.33. The molecule has 1 atom stereocenters. The Morgan fingerprint density at radius 1 is 1.14 bits per heavy atom. The van der Waals surface area contributed by atoms with Crippen molar-refractivity contribution in [2.24, 2.45) is 0 Å². The van der Waals surface area contributed by atoms with E-state index < -0.39 is 6.10 Å². The van der Waals surface area contributed by atoms with E-state index in [1.54, 1.807) is 4.68 Å². The number of hydrogen-bond acceptors (Lipinski definition) is 4. The summed E-state index contributed by atoms with van der Waals surface area (Å²) in [5.74, 6) is 2.55. The third-order valence-corrected chi connectivity index (χ3v) is 3.35. The van der Waals surface area contributed by atoms with Gasteiger partial charge in [0.2, 0.25) is 0 Å². The molecule has 0 saturated carbocycles. The molecule has 21 heavy (non-hydrogen) atoms. The molecular formula is C16H23N3O2. The fourth-order valence-corrected chi connectivity index (χ4v) is 2.21. The number of aromatic nitrogens is 3. The second-order valence-corrected chi connectivity index (χ2v) is 4.85. The first-order valence-corrected chi connectivity index (χ1v) is 7.51. The van der Waals surface area contributed by atoms with Gasteiger partial charge in [-0.1, -0.05) is 26.0 Å². The third kappa shape index (κ3) is 3.82. The van der Waals surface area contributed by atoms with Crippen molar-refractivity contribution in [2.45, 2.75) is 46.3 Å². The maximum Gasteiger partial charge on any atom is 0.150 e.